The zero-order valence-corrected chi connectivity index (χ0v) is 15.3. The number of carbonyl (C=O) groups excluding carboxylic acids is 2. The first-order chi connectivity index (χ1) is 12.6. The number of carbonyl (C=O) groups is 2. The summed E-state index contributed by atoms with van der Waals surface area (Å²) in [6.07, 6.45) is 4.71. The third-order valence-corrected chi connectivity index (χ3v) is 6.43. The molecule has 2 atom stereocenters. The molecule has 2 unspecified atom stereocenters. The van der Waals surface area contributed by atoms with Crippen molar-refractivity contribution in [2.24, 2.45) is 5.92 Å². The van der Waals surface area contributed by atoms with E-state index in [2.05, 4.69) is 5.32 Å². The molecule has 1 heterocycles. The molecule has 0 radical (unpaired) electrons. The monoisotopic (exact) mass is 373 g/mol. The van der Waals surface area contributed by atoms with Crippen LogP contribution in [-0.2, 0) is 22.4 Å². The van der Waals surface area contributed by atoms with Crippen molar-refractivity contribution in [2.75, 3.05) is 12.4 Å². The highest BCUT2D eigenvalue weighted by molar-refractivity contribution is 7.17. The number of nitrogens with one attached hydrogen (secondary N) is 1. The van der Waals surface area contributed by atoms with Crippen molar-refractivity contribution in [3.63, 3.8) is 0 Å². The van der Waals surface area contributed by atoms with Crippen LogP contribution in [0.2, 0.25) is 0 Å². The summed E-state index contributed by atoms with van der Waals surface area (Å²) in [5.41, 5.74) is 2.54. The van der Waals surface area contributed by atoms with Gasteiger partial charge in [0.25, 0.3) is 0 Å². The molecule has 2 aliphatic rings. The number of benzene rings is 1. The van der Waals surface area contributed by atoms with Crippen molar-refractivity contribution in [3.8, 4) is 0 Å². The number of hydrogen-bond acceptors (Lipinski definition) is 4. The summed E-state index contributed by atoms with van der Waals surface area (Å²) in [5.74, 6) is -0.757. The number of esters is 1. The number of methoxy groups -OCH3 is 1. The van der Waals surface area contributed by atoms with Gasteiger partial charge in [0.1, 0.15) is 10.8 Å². The van der Waals surface area contributed by atoms with Crippen LogP contribution in [0.3, 0.4) is 0 Å². The number of fused-ring (bicyclic) bond motifs is 1. The number of aryl methyl sites for hydroxylation is 1. The molecule has 2 aliphatic carbocycles. The fourth-order valence-electron chi connectivity index (χ4n) is 3.74. The van der Waals surface area contributed by atoms with Gasteiger partial charge in [0, 0.05) is 10.8 Å². The van der Waals surface area contributed by atoms with E-state index in [1.807, 2.05) is 0 Å². The Balaban J connectivity index is 1.52. The van der Waals surface area contributed by atoms with Crippen LogP contribution in [0.5, 0.6) is 0 Å². The Morgan fingerprint density at radius 3 is 2.65 bits per heavy atom. The fraction of sp³-hybridized carbons (Fsp3) is 0.400. The Morgan fingerprint density at radius 2 is 1.92 bits per heavy atom. The number of amides is 1. The molecule has 1 amide bonds. The minimum atomic E-state index is -0.384. The van der Waals surface area contributed by atoms with Gasteiger partial charge in [-0.15, -0.1) is 11.3 Å². The molecule has 2 aromatic rings. The molecule has 26 heavy (non-hydrogen) atoms. The number of hydrogen-bond donors (Lipinski definition) is 1. The van der Waals surface area contributed by atoms with Crippen LogP contribution in [0.4, 0.5) is 9.39 Å². The number of anilines is 1. The van der Waals surface area contributed by atoms with Crippen LogP contribution in [0, 0.1) is 11.7 Å². The first kappa shape index (κ1) is 17.2. The zero-order chi connectivity index (χ0) is 18.3. The molecule has 6 heteroatoms. The quantitative estimate of drug-likeness (QED) is 0.813. The standard InChI is InChI=1S/C20H20FNO3S/c1-25-20(24)17-13-4-2-3-5-16(13)26-19(17)22-18(23)15-10-14(15)11-6-8-12(21)9-7-11/h6-9,14-15H,2-5,10H2,1H3,(H,22,23). The second-order valence-corrected chi connectivity index (χ2v) is 8.00. The molecular formula is C20H20FNO3S. The molecule has 0 bridgehead atoms. The van der Waals surface area contributed by atoms with Crippen molar-refractivity contribution in [3.05, 3.63) is 51.7 Å². The summed E-state index contributed by atoms with van der Waals surface area (Å²) in [6, 6.07) is 6.31. The molecular weight excluding hydrogens is 353 g/mol. The normalized spacial score (nSPS) is 21.0. The summed E-state index contributed by atoms with van der Waals surface area (Å²) in [5, 5.41) is 3.57. The predicted octanol–water partition coefficient (Wildman–Crippen LogP) is 4.29. The van der Waals surface area contributed by atoms with E-state index in [1.54, 1.807) is 12.1 Å². The summed E-state index contributed by atoms with van der Waals surface area (Å²) < 4.78 is 18.0. The van der Waals surface area contributed by atoms with E-state index < -0.39 is 0 Å². The van der Waals surface area contributed by atoms with Crippen LogP contribution in [0.15, 0.2) is 24.3 Å². The van der Waals surface area contributed by atoms with E-state index in [0.717, 1.165) is 43.2 Å². The van der Waals surface area contributed by atoms with E-state index in [9.17, 15) is 14.0 Å². The molecule has 1 fully saturated rings. The number of halogens is 1. The molecule has 1 aromatic heterocycles. The lowest BCUT2D eigenvalue weighted by Gasteiger charge is -2.11. The van der Waals surface area contributed by atoms with Gasteiger partial charge < -0.3 is 10.1 Å². The van der Waals surface area contributed by atoms with Crippen LogP contribution >= 0.6 is 11.3 Å². The molecule has 136 valence electrons. The second-order valence-electron chi connectivity index (χ2n) is 6.90. The minimum Gasteiger partial charge on any atom is -0.465 e. The molecule has 1 N–H and O–H groups in total. The van der Waals surface area contributed by atoms with Gasteiger partial charge in [-0.05, 0) is 61.3 Å². The van der Waals surface area contributed by atoms with Crippen molar-refractivity contribution in [1.82, 2.24) is 0 Å². The smallest absolute Gasteiger partial charge is 0.341 e. The maximum absolute atomic E-state index is 13.1. The van der Waals surface area contributed by atoms with Gasteiger partial charge >= 0.3 is 5.97 Å². The van der Waals surface area contributed by atoms with Crippen LogP contribution in [-0.4, -0.2) is 19.0 Å². The van der Waals surface area contributed by atoms with Gasteiger partial charge in [0.05, 0.1) is 12.7 Å². The molecule has 0 saturated heterocycles. The Hall–Kier alpha value is -2.21. The number of thiophene rings is 1. The first-order valence-electron chi connectivity index (χ1n) is 8.87. The van der Waals surface area contributed by atoms with E-state index in [-0.39, 0.29) is 29.5 Å². The summed E-state index contributed by atoms with van der Waals surface area (Å²) in [4.78, 5) is 26.1. The fourth-order valence-corrected chi connectivity index (χ4v) is 5.02. The Morgan fingerprint density at radius 1 is 1.19 bits per heavy atom. The zero-order valence-electron chi connectivity index (χ0n) is 14.5. The Bertz CT molecular complexity index is 859. The lowest BCUT2D eigenvalue weighted by molar-refractivity contribution is -0.117. The van der Waals surface area contributed by atoms with E-state index in [0.29, 0.717) is 10.6 Å². The maximum Gasteiger partial charge on any atom is 0.341 e. The molecule has 1 saturated carbocycles. The molecule has 4 rings (SSSR count). The van der Waals surface area contributed by atoms with Crippen LogP contribution < -0.4 is 5.32 Å². The first-order valence-corrected chi connectivity index (χ1v) is 9.69. The summed E-state index contributed by atoms with van der Waals surface area (Å²) in [6.45, 7) is 0. The molecule has 0 aliphatic heterocycles. The van der Waals surface area contributed by atoms with Gasteiger partial charge in [0.2, 0.25) is 5.91 Å². The lowest BCUT2D eigenvalue weighted by Crippen LogP contribution is -2.17. The molecule has 1 aromatic carbocycles. The maximum atomic E-state index is 13.1. The Labute approximate surface area is 155 Å². The van der Waals surface area contributed by atoms with Crippen LogP contribution in [0.25, 0.3) is 0 Å². The van der Waals surface area contributed by atoms with Gasteiger partial charge in [-0.3, -0.25) is 4.79 Å². The lowest BCUT2D eigenvalue weighted by atomic mass is 9.95. The highest BCUT2D eigenvalue weighted by Gasteiger charge is 2.44. The SMILES string of the molecule is COC(=O)c1c(NC(=O)C2CC2c2ccc(F)cc2)sc2c1CCCC2. The Kier molecular flexibility index (Phi) is 4.53. The van der Waals surface area contributed by atoms with Crippen molar-refractivity contribution in [1.29, 1.82) is 0 Å². The number of ether oxygens (including phenoxy) is 1. The second kappa shape index (κ2) is 6.83. The highest BCUT2D eigenvalue weighted by atomic mass is 32.1. The average molecular weight is 373 g/mol. The van der Waals surface area contributed by atoms with E-state index >= 15 is 0 Å². The van der Waals surface area contributed by atoms with Crippen molar-refractivity contribution < 1.29 is 18.7 Å². The highest BCUT2D eigenvalue weighted by Crippen LogP contribution is 2.48. The van der Waals surface area contributed by atoms with Crippen molar-refractivity contribution in [2.45, 2.75) is 38.0 Å². The predicted molar refractivity (Wildman–Crippen MR) is 98.2 cm³/mol. The van der Waals surface area contributed by atoms with Gasteiger partial charge in [-0.2, -0.15) is 0 Å². The minimum absolute atomic E-state index is 0.0805. The summed E-state index contributed by atoms with van der Waals surface area (Å²) >= 11 is 1.50. The third-order valence-electron chi connectivity index (χ3n) is 5.22. The topological polar surface area (TPSA) is 55.4 Å². The van der Waals surface area contributed by atoms with Gasteiger partial charge in [-0.1, -0.05) is 12.1 Å². The number of rotatable bonds is 4. The van der Waals surface area contributed by atoms with E-state index in [1.165, 1.54) is 35.5 Å². The van der Waals surface area contributed by atoms with Crippen LogP contribution in [0.1, 0.15) is 51.5 Å². The largest absolute Gasteiger partial charge is 0.465 e. The average Bonchev–Trinajstić information content (AvgIpc) is 3.37. The molecule has 4 nitrogen and oxygen atoms in total. The molecule has 0 spiro atoms. The third kappa shape index (κ3) is 3.14. The van der Waals surface area contributed by atoms with E-state index in [4.69, 9.17) is 4.74 Å². The summed E-state index contributed by atoms with van der Waals surface area (Å²) in [7, 11) is 1.37. The van der Waals surface area contributed by atoms with Gasteiger partial charge in [0.15, 0.2) is 0 Å². The van der Waals surface area contributed by atoms with Gasteiger partial charge in [-0.25, -0.2) is 9.18 Å². The van der Waals surface area contributed by atoms with Crippen molar-refractivity contribution >= 4 is 28.2 Å².